The van der Waals surface area contributed by atoms with Crippen LogP contribution < -0.4 is 14.8 Å². The molecule has 22 heavy (non-hydrogen) atoms. The summed E-state index contributed by atoms with van der Waals surface area (Å²) in [4.78, 5) is 0.139. The Hall–Kier alpha value is -0.830. The molecule has 2 rings (SSSR count). The number of halogens is 1. The van der Waals surface area contributed by atoms with Crippen LogP contribution in [0.15, 0.2) is 21.5 Å². The van der Waals surface area contributed by atoms with E-state index in [-0.39, 0.29) is 4.90 Å². The lowest BCUT2D eigenvalue weighted by Crippen LogP contribution is -2.30. The maximum absolute atomic E-state index is 12.9. The Morgan fingerprint density at radius 3 is 2.59 bits per heavy atom. The molecule has 1 aromatic rings. The second-order valence-corrected chi connectivity index (χ2v) is 7.97. The number of rotatable bonds is 6. The van der Waals surface area contributed by atoms with Crippen LogP contribution in [0.4, 0.5) is 0 Å². The highest BCUT2D eigenvalue weighted by Gasteiger charge is 2.34. The van der Waals surface area contributed by atoms with Gasteiger partial charge in [0.05, 0.1) is 18.7 Å². The molecule has 6 nitrogen and oxygen atoms in total. The van der Waals surface area contributed by atoms with Crippen LogP contribution in [0.2, 0.25) is 0 Å². The van der Waals surface area contributed by atoms with Gasteiger partial charge in [-0.2, -0.15) is 4.31 Å². The monoisotopic (exact) mass is 392 g/mol. The van der Waals surface area contributed by atoms with E-state index in [4.69, 9.17) is 9.47 Å². The number of hydrogen-bond acceptors (Lipinski definition) is 5. The van der Waals surface area contributed by atoms with E-state index in [1.165, 1.54) is 24.6 Å². The molecule has 0 amide bonds. The lowest BCUT2D eigenvalue weighted by Gasteiger charge is -2.19. The molecule has 1 saturated heterocycles. The normalized spacial score (nSPS) is 19.4. The molecule has 0 spiro atoms. The Kier molecular flexibility index (Phi) is 5.70. The number of sulfonamides is 1. The fourth-order valence-corrected chi connectivity index (χ4v) is 4.81. The Morgan fingerprint density at radius 1 is 1.32 bits per heavy atom. The van der Waals surface area contributed by atoms with E-state index in [1.54, 1.807) is 6.07 Å². The van der Waals surface area contributed by atoms with Gasteiger partial charge in [-0.15, -0.1) is 0 Å². The molecule has 0 bridgehead atoms. The Labute approximate surface area is 140 Å². The average Bonchev–Trinajstić information content (AvgIpc) is 2.96. The molecule has 1 aliphatic rings. The van der Waals surface area contributed by atoms with Crippen molar-refractivity contribution in [3.05, 3.63) is 16.6 Å². The van der Waals surface area contributed by atoms with Gasteiger partial charge in [-0.3, -0.25) is 0 Å². The third kappa shape index (κ3) is 3.40. The molecule has 1 atom stereocenters. The topological polar surface area (TPSA) is 67.9 Å². The highest BCUT2D eigenvalue weighted by molar-refractivity contribution is 9.10. The fraction of sp³-hybridized carbons (Fsp3) is 0.571. The molecule has 1 unspecified atom stereocenters. The van der Waals surface area contributed by atoms with E-state index in [9.17, 15) is 8.42 Å². The van der Waals surface area contributed by atoms with Crippen molar-refractivity contribution in [3.63, 3.8) is 0 Å². The molecule has 0 saturated carbocycles. The van der Waals surface area contributed by atoms with Gasteiger partial charge in [0, 0.05) is 19.2 Å². The summed E-state index contributed by atoms with van der Waals surface area (Å²) < 4.78 is 38.4. The molecule has 1 aliphatic heterocycles. The van der Waals surface area contributed by atoms with Crippen molar-refractivity contribution in [1.29, 1.82) is 0 Å². The number of nitrogens with one attached hydrogen (secondary N) is 1. The lowest BCUT2D eigenvalue weighted by atomic mass is 10.1. The number of hydrogen-bond donors (Lipinski definition) is 1. The summed E-state index contributed by atoms with van der Waals surface area (Å²) in [7, 11) is 1.23. The summed E-state index contributed by atoms with van der Waals surface area (Å²) in [5.74, 6) is 1.11. The van der Waals surface area contributed by atoms with E-state index in [2.05, 4.69) is 21.2 Å². The molecule has 8 heteroatoms. The van der Waals surface area contributed by atoms with Crippen LogP contribution in [0.1, 0.15) is 6.42 Å². The number of benzene rings is 1. The first-order valence-electron chi connectivity index (χ1n) is 7.00. The third-order valence-electron chi connectivity index (χ3n) is 3.80. The zero-order valence-corrected chi connectivity index (χ0v) is 15.3. The molecular formula is C14H21BrN2O4S. The molecule has 1 aromatic carbocycles. The van der Waals surface area contributed by atoms with E-state index in [0.29, 0.717) is 35.0 Å². The Morgan fingerprint density at radius 2 is 2.00 bits per heavy atom. The van der Waals surface area contributed by atoms with Crippen LogP contribution in [0.25, 0.3) is 0 Å². The fourth-order valence-electron chi connectivity index (χ4n) is 2.64. The van der Waals surface area contributed by atoms with Crippen molar-refractivity contribution in [3.8, 4) is 11.5 Å². The first-order valence-corrected chi connectivity index (χ1v) is 9.23. The third-order valence-corrected chi connectivity index (χ3v) is 6.30. The predicted molar refractivity (Wildman–Crippen MR) is 88.0 cm³/mol. The van der Waals surface area contributed by atoms with E-state index in [0.717, 1.165) is 13.0 Å². The second kappa shape index (κ2) is 7.16. The number of ether oxygens (including phenoxy) is 2. The van der Waals surface area contributed by atoms with Gasteiger partial charge in [-0.1, -0.05) is 0 Å². The SMILES string of the molecule is CNCC1CCN(S(=O)(=O)c2cc(OC)c(Br)cc2OC)C1. The van der Waals surface area contributed by atoms with Crippen molar-refractivity contribution in [2.75, 3.05) is 40.9 Å². The van der Waals surface area contributed by atoms with Crippen molar-refractivity contribution < 1.29 is 17.9 Å². The summed E-state index contributed by atoms with van der Waals surface area (Å²) >= 11 is 3.34. The summed E-state index contributed by atoms with van der Waals surface area (Å²) in [6.07, 6.45) is 0.857. The lowest BCUT2D eigenvalue weighted by molar-refractivity contribution is 0.386. The molecule has 0 aromatic heterocycles. The summed E-state index contributed by atoms with van der Waals surface area (Å²) in [5, 5.41) is 3.10. The first-order chi connectivity index (χ1) is 10.4. The van der Waals surface area contributed by atoms with E-state index >= 15 is 0 Å². The minimum absolute atomic E-state index is 0.139. The van der Waals surface area contributed by atoms with Gasteiger partial charge in [0.1, 0.15) is 16.4 Å². The smallest absolute Gasteiger partial charge is 0.246 e. The summed E-state index contributed by atoms with van der Waals surface area (Å²) in [6.45, 7) is 1.85. The van der Waals surface area contributed by atoms with Gasteiger partial charge >= 0.3 is 0 Å². The molecule has 124 valence electrons. The largest absolute Gasteiger partial charge is 0.496 e. The van der Waals surface area contributed by atoms with Crippen molar-refractivity contribution >= 4 is 26.0 Å². The van der Waals surface area contributed by atoms with Gasteiger partial charge in [-0.05, 0) is 47.9 Å². The highest BCUT2D eigenvalue weighted by Crippen LogP contribution is 2.37. The van der Waals surface area contributed by atoms with Gasteiger partial charge < -0.3 is 14.8 Å². The van der Waals surface area contributed by atoms with Crippen LogP contribution >= 0.6 is 15.9 Å². The van der Waals surface area contributed by atoms with Crippen molar-refractivity contribution in [1.82, 2.24) is 9.62 Å². The quantitative estimate of drug-likeness (QED) is 0.797. The first kappa shape index (κ1) is 17.5. The van der Waals surface area contributed by atoms with Crippen LogP contribution in [0.3, 0.4) is 0 Å². The second-order valence-electron chi connectivity index (χ2n) is 5.21. The van der Waals surface area contributed by atoms with Gasteiger partial charge in [0.15, 0.2) is 0 Å². The zero-order valence-electron chi connectivity index (χ0n) is 12.9. The Bertz CT molecular complexity index is 636. The van der Waals surface area contributed by atoms with E-state index < -0.39 is 10.0 Å². The molecule has 1 N–H and O–H groups in total. The van der Waals surface area contributed by atoms with Crippen LogP contribution in [-0.2, 0) is 10.0 Å². The minimum atomic E-state index is -3.60. The van der Waals surface area contributed by atoms with Crippen LogP contribution in [-0.4, -0.2) is 53.6 Å². The molecule has 0 radical (unpaired) electrons. The highest BCUT2D eigenvalue weighted by atomic mass is 79.9. The van der Waals surface area contributed by atoms with Crippen LogP contribution in [0, 0.1) is 5.92 Å². The molecule has 1 heterocycles. The maximum atomic E-state index is 12.9. The van der Waals surface area contributed by atoms with Gasteiger partial charge in [-0.25, -0.2) is 8.42 Å². The van der Waals surface area contributed by atoms with E-state index in [1.807, 2.05) is 7.05 Å². The molecule has 0 aliphatic carbocycles. The van der Waals surface area contributed by atoms with Crippen LogP contribution in [0.5, 0.6) is 11.5 Å². The summed E-state index contributed by atoms with van der Waals surface area (Å²) in [6, 6.07) is 3.12. The number of nitrogens with zero attached hydrogens (tertiary/aromatic N) is 1. The zero-order chi connectivity index (χ0) is 16.3. The molecule has 1 fully saturated rings. The predicted octanol–water partition coefficient (Wildman–Crippen LogP) is 1.70. The average molecular weight is 393 g/mol. The Balaban J connectivity index is 2.37. The standard InChI is InChI=1S/C14H21BrN2O4S/c1-16-8-10-4-5-17(9-10)22(18,19)14-7-12(20-2)11(15)6-13(14)21-3/h6-7,10,16H,4-5,8-9H2,1-3H3. The molecular weight excluding hydrogens is 372 g/mol. The van der Waals surface area contributed by atoms with Crippen molar-refractivity contribution in [2.24, 2.45) is 5.92 Å². The van der Waals surface area contributed by atoms with Gasteiger partial charge in [0.25, 0.3) is 0 Å². The van der Waals surface area contributed by atoms with Gasteiger partial charge in [0.2, 0.25) is 10.0 Å². The minimum Gasteiger partial charge on any atom is -0.496 e. The maximum Gasteiger partial charge on any atom is 0.246 e. The number of methoxy groups -OCH3 is 2. The summed E-state index contributed by atoms with van der Waals surface area (Å²) in [5.41, 5.74) is 0. The van der Waals surface area contributed by atoms with Crippen molar-refractivity contribution in [2.45, 2.75) is 11.3 Å².